The second-order valence-corrected chi connectivity index (χ2v) is 10.5. The van der Waals surface area contributed by atoms with Crippen molar-refractivity contribution in [1.82, 2.24) is 4.98 Å². The van der Waals surface area contributed by atoms with E-state index in [-0.39, 0.29) is 35.5 Å². The van der Waals surface area contributed by atoms with Crippen molar-refractivity contribution in [3.8, 4) is 23.0 Å². The lowest BCUT2D eigenvalue weighted by Crippen LogP contribution is -2.30. The van der Waals surface area contributed by atoms with E-state index < -0.39 is 6.10 Å². The van der Waals surface area contributed by atoms with Gasteiger partial charge in [0, 0.05) is 12.3 Å². The normalized spacial score (nSPS) is 13.7. The highest BCUT2D eigenvalue weighted by atomic mass is 16.5. The van der Waals surface area contributed by atoms with Crippen LogP contribution in [0, 0.1) is 17.8 Å². The molecule has 7 heteroatoms. The van der Waals surface area contributed by atoms with Crippen molar-refractivity contribution in [2.45, 2.75) is 58.5 Å². The maximum absolute atomic E-state index is 13.6. The minimum atomic E-state index is -0.854. The van der Waals surface area contributed by atoms with Crippen LogP contribution in [0.15, 0.2) is 54.9 Å². The van der Waals surface area contributed by atoms with Gasteiger partial charge in [0.05, 0.1) is 20.3 Å². The number of phenols is 2. The summed E-state index contributed by atoms with van der Waals surface area (Å²) in [6, 6.07) is 12.3. The highest BCUT2D eigenvalue weighted by Gasteiger charge is 2.27. The molecule has 3 aromatic rings. The lowest BCUT2D eigenvalue weighted by atomic mass is 9.82. The molecular weight excluding hydrogens is 482 g/mol. The molecule has 0 aliphatic heterocycles. The number of hydrogen-bond acceptors (Lipinski definition) is 6. The zero-order valence-electron chi connectivity index (χ0n) is 22.8. The average molecular weight is 523 g/mol. The molecule has 206 valence electrons. The van der Waals surface area contributed by atoms with E-state index in [0.29, 0.717) is 36.7 Å². The number of nitrogens with zero attached hydrogens (tertiary/aromatic N) is 1. The number of ketones is 1. The van der Waals surface area contributed by atoms with Crippen molar-refractivity contribution < 1.29 is 29.6 Å². The van der Waals surface area contributed by atoms with Crippen LogP contribution in [0.2, 0.25) is 0 Å². The fraction of sp³-hybridized carbons (Fsp3) is 0.452. The molecule has 0 radical (unpaired) electrons. The third-order valence-corrected chi connectivity index (χ3v) is 7.08. The fourth-order valence-corrected chi connectivity index (χ4v) is 4.82. The van der Waals surface area contributed by atoms with E-state index in [4.69, 9.17) is 9.47 Å². The third kappa shape index (κ3) is 8.28. The Hall–Kier alpha value is -3.45. The standard InChI is InChI=1S/C31H40NO6/c1-20(2)5-8-24(13-21-6-9-26(33)30(16-21)37-3)28(35)18-29(36)25(15-23-11-12-32-19-23)14-22-7-10-27(34)31(17-22)38-4/h6-7,9-12,16-17,19-20,24-25,29,33-34,36H,5,8,13-15,18H2,1-4H3/q-1/t24-,25-,29-/m1/s1. The van der Waals surface area contributed by atoms with Gasteiger partial charge in [-0.15, -0.1) is 0 Å². The van der Waals surface area contributed by atoms with Gasteiger partial charge in [-0.3, -0.25) is 4.79 Å². The minimum absolute atomic E-state index is 0.0270. The van der Waals surface area contributed by atoms with Crippen LogP contribution < -0.4 is 14.5 Å². The summed E-state index contributed by atoms with van der Waals surface area (Å²) in [4.78, 5) is 17.7. The maximum Gasteiger partial charge on any atom is 0.160 e. The Kier molecular flexibility index (Phi) is 10.7. The van der Waals surface area contributed by atoms with Gasteiger partial charge < -0.3 is 29.8 Å². The smallest absolute Gasteiger partial charge is 0.160 e. The molecule has 38 heavy (non-hydrogen) atoms. The second kappa shape index (κ2) is 13.9. The highest BCUT2D eigenvalue weighted by Crippen LogP contribution is 2.31. The van der Waals surface area contributed by atoms with E-state index >= 15 is 0 Å². The van der Waals surface area contributed by atoms with Crippen molar-refractivity contribution in [2.75, 3.05) is 14.2 Å². The summed E-state index contributed by atoms with van der Waals surface area (Å²) >= 11 is 0. The first kappa shape index (κ1) is 29.1. The van der Waals surface area contributed by atoms with E-state index in [1.165, 1.54) is 14.2 Å². The molecule has 0 aliphatic carbocycles. The van der Waals surface area contributed by atoms with E-state index in [1.54, 1.807) is 36.7 Å². The molecule has 3 atom stereocenters. The first-order chi connectivity index (χ1) is 18.2. The monoisotopic (exact) mass is 522 g/mol. The molecule has 7 nitrogen and oxygen atoms in total. The van der Waals surface area contributed by atoms with Crippen LogP contribution in [-0.2, 0) is 24.1 Å². The Morgan fingerprint density at radius 1 is 0.842 bits per heavy atom. The number of ether oxygens (including phenoxy) is 2. The number of aliphatic hydroxyl groups is 1. The topological polar surface area (TPSA) is 110 Å². The first-order valence-electron chi connectivity index (χ1n) is 13.2. The molecule has 0 bridgehead atoms. The molecule has 0 spiro atoms. The number of phenolic OH excluding ortho intramolecular Hbond substituents is 2. The number of methoxy groups -OCH3 is 2. The van der Waals surface area contributed by atoms with Gasteiger partial charge in [0.2, 0.25) is 0 Å². The highest BCUT2D eigenvalue weighted by molar-refractivity contribution is 5.81. The Morgan fingerprint density at radius 3 is 1.95 bits per heavy atom. The van der Waals surface area contributed by atoms with E-state index in [0.717, 1.165) is 29.5 Å². The van der Waals surface area contributed by atoms with Crippen LogP contribution in [0.5, 0.6) is 23.0 Å². The van der Waals surface area contributed by atoms with Gasteiger partial charge in [-0.05, 0) is 72.9 Å². The lowest BCUT2D eigenvalue weighted by Gasteiger charge is -2.25. The summed E-state index contributed by atoms with van der Waals surface area (Å²) in [6.07, 6.45) is 5.92. The largest absolute Gasteiger partial charge is 0.670 e. The predicted octanol–water partition coefficient (Wildman–Crippen LogP) is 5.09. The number of benzene rings is 2. The van der Waals surface area contributed by atoms with Crippen LogP contribution in [-0.4, -0.2) is 41.4 Å². The second-order valence-electron chi connectivity index (χ2n) is 10.5. The van der Waals surface area contributed by atoms with Crippen LogP contribution in [0.25, 0.3) is 0 Å². The molecule has 0 aliphatic rings. The Labute approximate surface area is 225 Å². The van der Waals surface area contributed by atoms with Crippen molar-refractivity contribution in [3.05, 3.63) is 71.5 Å². The number of Topliss-reactive ketones (excluding diaryl/α,β-unsaturated/α-hetero) is 1. The van der Waals surface area contributed by atoms with Crippen molar-refractivity contribution >= 4 is 5.78 Å². The van der Waals surface area contributed by atoms with Gasteiger partial charge >= 0.3 is 0 Å². The Bertz CT molecular complexity index is 1160. The first-order valence-corrected chi connectivity index (χ1v) is 13.2. The zero-order chi connectivity index (χ0) is 27.7. The summed E-state index contributed by atoms with van der Waals surface area (Å²) in [7, 11) is 3.00. The van der Waals surface area contributed by atoms with Crippen LogP contribution in [0.3, 0.4) is 0 Å². The summed E-state index contributed by atoms with van der Waals surface area (Å²) in [5.74, 6) is 0.874. The molecule has 1 heterocycles. The number of aromatic nitrogens is 1. The molecule has 3 rings (SSSR count). The number of carbonyl (C=O) groups is 1. The molecule has 0 amide bonds. The van der Waals surface area contributed by atoms with Crippen molar-refractivity contribution in [1.29, 1.82) is 0 Å². The van der Waals surface area contributed by atoms with Crippen LogP contribution in [0.1, 0.15) is 49.8 Å². The minimum Gasteiger partial charge on any atom is -0.670 e. The quantitative estimate of drug-likeness (QED) is 0.255. The number of rotatable bonds is 15. The number of carbonyl (C=O) groups excluding carboxylic acids is 1. The predicted molar refractivity (Wildman–Crippen MR) is 147 cm³/mol. The summed E-state index contributed by atoms with van der Waals surface area (Å²) in [6.45, 7) is 4.27. The van der Waals surface area contributed by atoms with E-state index in [9.17, 15) is 20.1 Å². The Balaban J connectivity index is 1.78. The van der Waals surface area contributed by atoms with Crippen LogP contribution in [0.4, 0.5) is 0 Å². The summed E-state index contributed by atoms with van der Waals surface area (Å²) in [5.41, 5.74) is 2.81. The molecule has 0 fully saturated rings. The summed E-state index contributed by atoms with van der Waals surface area (Å²) in [5, 5.41) is 31.3. The number of hydrogen-bond donors (Lipinski definition) is 3. The SMILES string of the molecule is COc1cc(C[C@@H](CCC(C)C)C(=O)C[C@@H](O)[C@@H](Cc2cc[n-]c2)Cc2ccc(O)c(OC)c2)ccc1O. The average Bonchev–Trinajstić information content (AvgIpc) is 3.41. The van der Waals surface area contributed by atoms with E-state index in [1.807, 2.05) is 18.2 Å². The summed E-state index contributed by atoms with van der Waals surface area (Å²) < 4.78 is 10.5. The molecular formula is C31H40NO6-. The zero-order valence-corrected chi connectivity index (χ0v) is 22.8. The maximum atomic E-state index is 13.6. The molecule has 0 saturated carbocycles. The number of aromatic hydroxyl groups is 2. The Morgan fingerprint density at radius 2 is 1.42 bits per heavy atom. The van der Waals surface area contributed by atoms with E-state index in [2.05, 4.69) is 18.8 Å². The number of aliphatic hydroxyl groups excluding tert-OH is 1. The van der Waals surface area contributed by atoms with Crippen molar-refractivity contribution in [3.63, 3.8) is 0 Å². The molecule has 0 saturated heterocycles. The van der Waals surface area contributed by atoms with Crippen molar-refractivity contribution in [2.24, 2.45) is 17.8 Å². The van der Waals surface area contributed by atoms with Gasteiger partial charge in [-0.25, -0.2) is 0 Å². The molecule has 1 aromatic heterocycles. The molecule has 3 N–H and O–H groups in total. The molecule has 0 unspecified atom stereocenters. The lowest BCUT2D eigenvalue weighted by molar-refractivity contribution is -0.125. The van der Waals surface area contributed by atoms with Gasteiger partial charge in [-0.1, -0.05) is 44.0 Å². The van der Waals surface area contributed by atoms with Gasteiger partial charge in [0.1, 0.15) is 5.78 Å². The third-order valence-electron chi connectivity index (χ3n) is 7.08. The van der Waals surface area contributed by atoms with Gasteiger partial charge in [0.15, 0.2) is 23.0 Å². The van der Waals surface area contributed by atoms with Gasteiger partial charge in [-0.2, -0.15) is 12.4 Å². The fourth-order valence-electron chi connectivity index (χ4n) is 4.82. The molecule has 2 aromatic carbocycles. The van der Waals surface area contributed by atoms with Gasteiger partial charge in [0.25, 0.3) is 0 Å². The van der Waals surface area contributed by atoms with Crippen LogP contribution >= 0.6 is 0 Å².